The molecule has 1 amide bonds. The maximum absolute atomic E-state index is 11.9. The number of likely N-dealkylation sites (N-methyl/N-ethyl adjacent to an activating group) is 1. The van der Waals surface area contributed by atoms with E-state index in [1.54, 1.807) is 0 Å². The van der Waals surface area contributed by atoms with E-state index in [2.05, 4.69) is 12.2 Å². The summed E-state index contributed by atoms with van der Waals surface area (Å²) in [7, 11) is 1.91. The van der Waals surface area contributed by atoms with Crippen molar-refractivity contribution in [2.75, 3.05) is 13.6 Å². The third kappa shape index (κ3) is 3.01. The Morgan fingerprint density at radius 1 is 1.35 bits per heavy atom. The molecule has 1 saturated heterocycles. The summed E-state index contributed by atoms with van der Waals surface area (Å²) in [6, 6.07) is 0.703. The van der Waals surface area contributed by atoms with E-state index in [-0.39, 0.29) is 6.04 Å². The Bertz CT molecular complexity index is 267. The van der Waals surface area contributed by atoms with Gasteiger partial charge in [-0.15, -0.1) is 0 Å². The summed E-state index contributed by atoms with van der Waals surface area (Å²) >= 11 is 0. The summed E-state index contributed by atoms with van der Waals surface area (Å²) in [5, 5.41) is 3.63. The smallest absolute Gasteiger partial charge is 0.239 e. The molecule has 0 bridgehead atoms. The van der Waals surface area contributed by atoms with Crippen LogP contribution in [-0.2, 0) is 4.79 Å². The maximum atomic E-state index is 11.9. The first-order chi connectivity index (χ1) is 8.22. The Labute approximate surface area is 105 Å². The van der Waals surface area contributed by atoms with Crippen LogP contribution >= 0.6 is 0 Å². The molecule has 1 heterocycles. The molecule has 0 spiro atoms. The van der Waals surface area contributed by atoms with Gasteiger partial charge in [0, 0.05) is 19.6 Å². The SMILES string of the molecule is CCCC[C@@H]1CCC[C@@H]1N[C@H]1CCN(C)C1=O. The van der Waals surface area contributed by atoms with Gasteiger partial charge in [-0.05, 0) is 31.6 Å². The molecular weight excluding hydrogens is 212 g/mol. The fourth-order valence-corrected chi connectivity index (χ4v) is 3.30. The number of amides is 1. The third-order valence-corrected chi connectivity index (χ3v) is 4.43. The Kier molecular flexibility index (Phi) is 4.43. The van der Waals surface area contributed by atoms with Crippen LogP contribution < -0.4 is 5.32 Å². The quantitative estimate of drug-likeness (QED) is 0.796. The van der Waals surface area contributed by atoms with E-state index in [0.29, 0.717) is 11.9 Å². The first kappa shape index (κ1) is 12.9. The van der Waals surface area contributed by atoms with Crippen LogP contribution in [0.25, 0.3) is 0 Å². The molecule has 3 atom stereocenters. The van der Waals surface area contributed by atoms with Crippen LogP contribution in [0, 0.1) is 5.92 Å². The Balaban J connectivity index is 1.83. The summed E-state index contributed by atoms with van der Waals surface area (Å²) in [6.45, 7) is 3.18. The van der Waals surface area contributed by atoms with Crippen LogP contribution in [-0.4, -0.2) is 36.5 Å². The molecule has 2 rings (SSSR count). The van der Waals surface area contributed by atoms with Gasteiger partial charge >= 0.3 is 0 Å². The van der Waals surface area contributed by atoms with Gasteiger partial charge in [-0.1, -0.05) is 26.2 Å². The van der Waals surface area contributed by atoms with Crippen molar-refractivity contribution in [3.05, 3.63) is 0 Å². The normalized spacial score (nSPS) is 33.6. The lowest BCUT2D eigenvalue weighted by atomic mass is 9.96. The first-order valence-corrected chi connectivity index (χ1v) is 7.23. The van der Waals surface area contributed by atoms with Gasteiger partial charge in [0.25, 0.3) is 0 Å². The summed E-state index contributed by atoms with van der Waals surface area (Å²) in [6.07, 6.45) is 8.91. The highest BCUT2D eigenvalue weighted by atomic mass is 16.2. The number of hydrogen-bond donors (Lipinski definition) is 1. The zero-order valence-electron chi connectivity index (χ0n) is 11.2. The van der Waals surface area contributed by atoms with Gasteiger partial charge in [0.1, 0.15) is 0 Å². The number of likely N-dealkylation sites (tertiary alicyclic amines) is 1. The molecule has 2 aliphatic rings. The molecule has 0 radical (unpaired) electrons. The molecule has 17 heavy (non-hydrogen) atoms. The molecule has 3 nitrogen and oxygen atoms in total. The summed E-state index contributed by atoms with van der Waals surface area (Å²) in [5.74, 6) is 1.11. The van der Waals surface area contributed by atoms with Crippen LogP contribution in [0.5, 0.6) is 0 Å². The molecule has 0 aromatic carbocycles. The van der Waals surface area contributed by atoms with Gasteiger partial charge in [-0.2, -0.15) is 0 Å². The fourth-order valence-electron chi connectivity index (χ4n) is 3.30. The molecule has 1 saturated carbocycles. The second-order valence-electron chi connectivity index (χ2n) is 5.71. The minimum absolute atomic E-state index is 0.104. The van der Waals surface area contributed by atoms with E-state index in [9.17, 15) is 4.79 Å². The molecule has 0 aromatic rings. The van der Waals surface area contributed by atoms with Crippen molar-refractivity contribution in [2.45, 2.75) is 64.0 Å². The van der Waals surface area contributed by atoms with Crippen molar-refractivity contribution in [3.8, 4) is 0 Å². The number of hydrogen-bond acceptors (Lipinski definition) is 2. The van der Waals surface area contributed by atoms with Crippen LogP contribution in [0.3, 0.4) is 0 Å². The van der Waals surface area contributed by atoms with Crippen LogP contribution in [0.15, 0.2) is 0 Å². The Morgan fingerprint density at radius 2 is 2.18 bits per heavy atom. The molecule has 1 N–H and O–H groups in total. The zero-order chi connectivity index (χ0) is 12.3. The number of rotatable bonds is 5. The number of carbonyl (C=O) groups is 1. The molecule has 1 aliphatic carbocycles. The lowest BCUT2D eigenvalue weighted by molar-refractivity contribution is -0.128. The van der Waals surface area contributed by atoms with E-state index in [1.165, 1.54) is 38.5 Å². The highest BCUT2D eigenvalue weighted by molar-refractivity contribution is 5.83. The fraction of sp³-hybridized carbons (Fsp3) is 0.929. The predicted octanol–water partition coefficient (Wildman–Crippen LogP) is 2.17. The van der Waals surface area contributed by atoms with Gasteiger partial charge in [-0.25, -0.2) is 0 Å². The van der Waals surface area contributed by atoms with Crippen molar-refractivity contribution in [3.63, 3.8) is 0 Å². The van der Waals surface area contributed by atoms with Gasteiger partial charge in [-0.3, -0.25) is 4.79 Å². The Hall–Kier alpha value is -0.570. The number of nitrogens with one attached hydrogen (secondary N) is 1. The number of nitrogens with zero attached hydrogens (tertiary/aromatic N) is 1. The summed E-state index contributed by atoms with van der Waals surface area (Å²) in [5.41, 5.74) is 0. The predicted molar refractivity (Wildman–Crippen MR) is 69.8 cm³/mol. The van der Waals surface area contributed by atoms with Crippen molar-refractivity contribution < 1.29 is 4.79 Å². The molecule has 1 aliphatic heterocycles. The van der Waals surface area contributed by atoms with E-state index in [0.717, 1.165) is 18.9 Å². The van der Waals surface area contributed by atoms with Gasteiger partial charge in [0.05, 0.1) is 6.04 Å². The lowest BCUT2D eigenvalue weighted by Crippen LogP contribution is -2.44. The van der Waals surface area contributed by atoms with E-state index < -0.39 is 0 Å². The second-order valence-corrected chi connectivity index (χ2v) is 5.71. The van der Waals surface area contributed by atoms with Gasteiger partial charge < -0.3 is 10.2 Å². The maximum Gasteiger partial charge on any atom is 0.239 e. The number of carbonyl (C=O) groups excluding carboxylic acids is 1. The molecule has 0 unspecified atom stereocenters. The molecule has 2 fully saturated rings. The lowest BCUT2D eigenvalue weighted by Gasteiger charge is -2.24. The average molecular weight is 238 g/mol. The van der Waals surface area contributed by atoms with Crippen molar-refractivity contribution >= 4 is 5.91 Å². The molecule has 98 valence electrons. The minimum atomic E-state index is 0.104. The van der Waals surface area contributed by atoms with Crippen LogP contribution in [0.1, 0.15) is 51.9 Å². The van der Waals surface area contributed by atoms with Gasteiger partial charge in [0.2, 0.25) is 5.91 Å². The standard InChI is InChI=1S/C14H26N2O/c1-3-4-6-11-7-5-8-12(11)15-13-9-10-16(2)14(13)17/h11-13,15H,3-10H2,1-2H3/t11-,12+,13+/m1/s1. The van der Waals surface area contributed by atoms with Crippen molar-refractivity contribution in [1.82, 2.24) is 10.2 Å². The highest BCUT2D eigenvalue weighted by Gasteiger charge is 2.34. The third-order valence-electron chi connectivity index (χ3n) is 4.43. The largest absolute Gasteiger partial charge is 0.344 e. The van der Waals surface area contributed by atoms with Gasteiger partial charge in [0.15, 0.2) is 0 Å². The van der Waals surface area contributed by atoms with E-state index >= 15 is 0 Å². The Morgan fingerprint density at radius 3 is 2.82 bits per heavy atom. The minimum Gasteiger partial charge on any atom is -0.344 e. The summed E-state index contributed by atoms with van der Waals surface area (Å²) < 4.78 is 0. The average Bonchev–Trinajstić information content (AvgIpc) is 2.89. The molecule has 0 aromatic heterocycles. The van der Waals surface area contributed by atoms with Crippen molar-refractivity contribution in [1.29, 1.82) is 0 Å². The van der Waals surface area contributed by atoms with Crippen LogP contribution in [0.4, 0.5) is 0 Å². The zero-order valence-corrected chi connectivity index (χ0v) is 11.2. The van der Waals surface area contributed by atoms with E-state index in [1.807, 2.05) is 11.9 Å². The second kappa shape index (κ2) is 5.85. The highest BCUT2D eigenvalue weighted by Crippen LogP contribution is 2.30. The molecular formula is C14H26N2O. The topological polar surface area (TPSA) is 32.3 Å². The first-order valence-electron chi connectivity index (χ1n) is 7.23. The van der Waals surface area contributed by atoms with Crippen molar-refractivity contribution in [2.24, 2.45) is 5.92 Å². The number of unbranched alkanes of at least 4 members (excludes halogenated alkanes) is 1. The summed E-state index contributed by atoms with van der Waals surface area (Å²) in [4.78, 5) is 13.7. The van der Waals surface area contributed by atoms with Crippen LogP contribution in [0.2, 0.25) is 0 Å². The molecule has 3 heteroatoms. The van der Waals surface area contributed by atoms with E-state index in [4.69, 9.17) is 0 Å². The monoisotopic (exact) mass is 238 g/mol.